The van der Waals surface area contributed by atoms with Crippen LogP contribution in [-0.4, -0.2) is 45.6 Å². The summed E-state index contributed by atoms with van der Waals surface area (Å²) in [6, 6.07) is 9.92. The average molecular weight is 391 g/mol. The predicted octanol–water partition coefficient (Wildman–Crippen LogP) is 3.47. The number of fused-ring (bicyclic) bond motifs is 1. The summed E-state index contributed by atoms with van der Waals surface area (Å²) < 4.78 is 2.84. The third kappa shape index (κ3) is 4.74. The van der Waals surface area contributed by atoms with Gasteiger partial charge in [0.25, 0.3) is 0 Å². The molecule has 3 rings (SSSR count). The highest BCUT2D eigenvalue weighted by Gasteiger charge is 2.08. The van der Waals surface area contributed by atoms with E-state index in [0.717, 1.165) is 54.2 Å². The fourth-order valence-electron chi connectivity index (χ4n) is 2.70. The molecule has 0 bridgehead atoms. The van der Waals surface area contributed by atoms with Crippen LogP contribution < -0.4 is 5.32 Å². The first-order valence-electron chi connectivity index (χ1n) is 8.69. The molecule has 0 fully saturated rings. The molecule has 26 heavy (non-hydrogen) atoms. The second-order valence-corrected chi connectivity index (χ2v) is 7.75. The number of aromatic nitrogens is 3. The van der Waals surface area contributed by atoms with Gasteiger partial charge in [-0.2, -0.15) is 0 Å². The van der Waals surface area contributed by atoms with Crippen LogP contribution in [0, 0.1) is 0 Å². The summed E-state index contributed by atoms with van der Waals surface area (Å²) in [4.78, 5) is 8.09. The van der Waals surface area contributed by atoms with Crippen molar-refractivity contribution >= 4 is 34.5 Å². The lowest BCUT2D eigenvalue weighted by Gasteiger charge is -2.21. The van der Waals surface area contributed by atoms with Gasteiger partial charge in [-0.1, -0.05) is 17.7 Å². The summed E-state index contributed by atoms with van der Waals surface area (Å²) in [5, 5.41) is 11.8. The molecule has 0 aliphatic heterocycles. The van der Waals surface area contributed by atoms with Gasteiger partial charge in [-0.15, -0.1) is 21.5 Å². The minimum atomic E-state index is 0.736. The van der Waals surface area contributed by atoms with Crippen LogP contribution >= 0.6 is 22.9 Å². The molecular formula is C18H23ClN6S. The number of hydrogen-bond donors (Lipinski definition) is 1. The molecule has 3 heterocycles. The summed E-state index contributed by atoms with van der Waals surface area (Å²) in [5.74, 6) is 1.88. The van der Waals surface area contributed by atoms with E-state index in [1.165, 1.54) is 4.88 Å². The summed E-state index contributed by atoms with van der Waals surface area (Å²) in [5.41, 5.74) is 0.883. The minimum absolute atomic E-state index is 0.736. The fourth-order valence-corrected chi connectivity index (χ4v) is 3.84. The van der Waals surface area contributed by atoms with Crippen molar-refractivity contribution in [2.75, 3.05) is 20.1 Å². The number of rotatable bonds is 7. The number of pyridine rings is 1. The predicted molar refractivity (Wildman–Crippen MR) is 108 cm³/mol. The number of hydrogen-bond acceptors (Lipinski definition) is 4. The van der Waals surface area contributed by atoms with E-state index in [9.17, 15) is 0 Å². The number of thiophene rings is 1. The van der Waals surface area contributed by atoms with Gasteiger partial charge in [-0.05, 0) is 37.6 Å². The third-order valence-corrected chi connectivity index (χ3v) is 5.14. The molecule has 0 aliphatic carbocycles. The first-order chi connectivity index (χ1) is 12.7. The highest BCUT2D eigenvalue weighted by molar-refractivity contribution is 7.16. The topological polar surface area (TPSA) is 57.8 Å². The zero-order valence-corrected chi connectivity index (χ0v) is 16.6. The molecule has 0 atom stereocenters. The van der Waals surface area contributed by atoms with Crippen LogP contribution in [0.4, 0.5) is 0 Å². The molecule has 0 radical (unpaired) electrons. The molecule has 0 spiro atoms. The average Bonchev–Trinajstić information content (AvgIpc) is 3.24. The van der Waals surface area contributed by atoms with Crippen molar-refractivity contribution < 1.29 is 0 Å². The second kappa shape index (κ2) is 9.00. The Hall–Kier alpha value is -2.12. The quantitative estimate of drug-likeness (QED) is 0.381. The zero-order chi connectivity index (χ0) is 18.4. The van der Waals surface area contributed by atoms with Gasteiger partial charge in [0.1, 0.15) is 5.82 Å². The maximum Gasteiger partial charge on any atom is 0.193 e. The van der Waals surface area contributed by atoms with E-state index in [4.69, 9.17) is 16.6 Å². The van der Waals surface area contributed by atoms with E-state index in [1.807, 2.05) is 41.9 Å². The fraction of sp³-hybridized carbons (Fsp3) is 0.389. The van der Waals surface area contributed by atoms with Crippen LogP contribution in [0.5, 0.6) is 0 Å². The van der Waals surface area contributed by atoms with Crippen LogP contribution in [0.15, 0.2) is 41.5 Å². The van der Waals surface area contributed by atoms with Gasteiger partial charge in [0.15, 0.2) is 11.6 Å². The van der Waals surface area contributed by atoms with Crippen LogP contribution in [0.1, 0.15) is 24.0 Å². The largest absolute Gasteiger partial charge is 0.357 e. The van der Waals surface area contributed by atoms with E-state index in [2.05, 4.69) is 33.4 Å². The van der Waals surface area contributed by atoms with Gasteiger partial charge in [-0.3, -0.25) is 9.39 Å². The molecule has 0 saturated heterocycles. The minimum Gasteiger partial charge on any atom is -0.357 e. The molecule has 0 saturated carbocycles. The summed E-state index contributed by atoms with van der Waals surface area (Å²) in [7, 11) is 2.04. The van der Waals surface area contributed by atoms with E-state index in [-0.39, 0.29) is 0 Å². The molecule has 6 nitrogen and oxygen atoms in total. The molecule has 138 valence electrons. The van der Waals surface area contributed by atoms with Crippen molar-refractivity contribution in [1.29, 1.82) is 0 Å². The van der Waals surface area contributed by atoms with Crippen molar-refractivity contribution in [3.8, 4) is 0 Å². The Kier molecular flexibility index (Phi) is 6.46. The second-order valence-electron chi connectivity index (χ2n) is 5.95. The molecule has 8 heteroatoms. The third-order valence-electron chi connectivity index (χ3n) is 3.92. The number of halogens is 1. The number of aliphatic imine (C=N–C) groups is 1. The van der Waals surface area contributed by atoms with Gasteiger partial charge in [0.2, 0.25) is 0 Å². The Labute approximate surface area is 162 Å². The van der Waals surface area contributed by atoms with Crippen molar-refractivity contribution in [3.63, 3.8) is 0 Å². The summed E-state index contributed by atoms with van der Waals surface area (Å²) >= 11 is 7.62. The zero-order valence-electron chi connectivity index (χ0n) is 15.0. The van der Waals surface area contributed by atoms with Gasteiger partial charge in [0.05, 0.1) is 10.9 Å². The van der Waals surface area contributed by atoms with E-state index < -0.39 is 0 Å². The Morgan fingerprint density at radius 1 is 1.31 bits per heavy atom. The Morgan fingerprint density at radius 3 is 2.96 bits per heavy atom. The molecule has 0 aromatic carbocycles. The maximum absolute atomic E-state index is 6.02. The summed E-state index contributed by atoms with van der Waals surface area (Å²) in [6.45, 7) is 4.44. The Morgan fingerprint density at radius 2 is 2.19 bits per heavy atom. The van der Waals surface area contributed by atoms with Gasteiger partial charge >= 0.3 is 0 Å². The smallest absolute Gasteiger partial charge is 0.193 e. The first kappa shape index (κ1) is 18.7. The van der Waals surface area contributed by atoms with Gasteiger partial charge in [-0.25, -0.2) is 0 Å². The monoisotopic (exact) mass is 390 g/mol. The van der Waals surface area contributed by atoms with Crippen LogP contribution in [-0.2, 0) is 13.0 Å². The molecule has 3 aromatic rings. The number of aryl methyl sites for hydroxylation is 1. The van der Waals surface area contributed by atoms with Crippen LogP contribution in [0.2, 0.25) is 4.34 Å². The molecule has 0 aliphatic rings. The van der Waals surface area contributed by atoms with E-state index in [0.29, 0.717) is 0 Å². The highest BCUT2D eigenvalue weighted by atomic mass is 35.5. The maximum atomic E-state index is 6.02. The molecule has 1 N–H and O–H groups in total. The van der Waals surface area contributed by atoms with E-state index >= 15 is 0 Å². The van der Waals surface area contributed by atoms with Crippen molar-refractivity contribution in [2.45, 2.75) is 26.3 Å². The number of nitrogens with one attached hydrogen (secondary N) is 1. The van der Waals surface area contributed by atoms with Crippen molar-refractivity contribution in [3.05, 3.63) is 51.6 Å². The van der Waals surface area contributed by atoms with Gasteiger partial charge < -0.3 is 10.2 Å². The number of nitrogens with zero attached hydrogens (tertiary/aromatic N) is 5. The molecular weight excluding hydrogens is 368 g/mol. The normalized spacial score (nSPS) is 11.9. The standard InChI is InChI=1S/C18H23ClN6S/c1-3-20-18(24(2)13-14-9-10-15(19)26-14)21-11-6-8-17-23-22-16-7-4-5-12-25(16)17/h4-5,7,9-10,12H,3,6,8,11,13H2,1-2H3,(H,20,21). The van der Waals surface area contributed by atoms with E-state index in [1.54, 1.807) is 11.3 Å². The number of guanidine groups is 1. The van der Waals surface area contributed by atoms with Crippen LogP contribution in [0.3, 0.4) is 0 Å². The Balaban J connectivity index is 1.56. The molecule has 3 aromatic heterocycles. The first-order valence-corrected chi connectivity index (χ1v) is 9.89. The Bertz CT molecular complexity index is 871. The lowest BCUT2D eigenvalue weighted by Crippen LogP contribution is -2.38. The molecule has 0 unspecified atom stereocenters. The lowest BCUT2D eigenvalue weighted by molar-refractivity contribution is 0.481. The highest BCUT2D eigenvalue weighted by Crippen LogP contribution is 2.22. The van der Waals surface area contributed by atoms with Crippen LogP contribution in [0.25, 0.3) is 5.65 Å². The van der Waals surface area contributed by atoms with Gasteiger partial charge in [0, 0.05) is 37.6 Å². The lowest BCUT2D eigenvalue weighted by atomic mass is 10.3. The SMILES string of the molecule is CCNC(=NCCCc1nnc2ccccn12)N(C)Cc1ccc(Cl)s1. The summed E-state index contributed by atoms with van der Waals surface area (Å²) in [6.07, 6.45) is 3.76. The van der Waals surface area contributed by atoms with Crippen molar-refractivity contribution in [2.24, 2.45) is 4.99 Å². The van der Waals surface area contributed by atoms with Crippen molar-refractivity contribution in [1.82, 2.24) is 24.8 Å². The molecule has 0 amide bonds.